The van der Waals surface area contributed by atoms with E-state index in [1.807, 2.05) is 0 Å². The average Bonchev–Trinajstić information content (AvgIpc) is 3.01. The number of ether oxygens (including phenoxy) is 1. The van der Waals surface area contributed by atoms with Gasteiger partial charge in [-0.3, -0.25) is 4.90 Å². The molecule has 0 N–H and O–H groups in total. The fourth-order valence-electron chi connectivity index (χ4n) is 2.69. The predicted octanol–water partition coefficient (Wildman–Crippen LogP) is 2.65. The molecule has 0 bridgehead atoms. The SMILES string of the molecule is Cn1ccc2c(OCCN3CCCC3)cccc21. The van der Waals surface area contributed by atoms with Crippen LogP contribution in [0.1, 0.15) is 12.8 Å². The fourth-order valence-corrected chi connectivity index (χ4v) is 2.69. The molecule has 18 heavy (non-hydrogen) atoms. The van der Waals surface area contributed by atoms with E-state index in [9.17, 15) is 0 Å². The van der Waals surface area contributed by atoms with Crippen molar-refractivity contribution >= 4 is 10.9 Å². The molecular formula is C15H20N2O. The second-order valence-electron chi connectivity index (χ2n) is 5.01. The van der Waals surface area contributed by atoms with Crippen LogP contribution in [-0.2, 0) is 7.05 Å². The van der Waals surface area contributed by atoms with Gasteiger partial charge in [-0.05, 0) is 44.1 Å². The Labute approximate surface area is 108 Å². The third kappa shape index (κ3) is 2.23. The minimum Gasteiger partial charge on any atom is -0.492 e. The number of hydrogen-bond donors (Lipinski definition) is 0. The van der Waals surface area contributed by atoms with E-state index in [0.717, 1.165) is 18.9 Å². The molecule has 1 aliphatic rings. The van der Waals surface area contributed by atoms with E-state index in [-0.39, 0.29) is 0 Å². The molecule has 0 saturated carbocycles. The van der Waals surface area contributed by atoms with Crippen LogP contribution in [-0.4, -0.2) is 35.7 Å². The van der Waals surface area contributed by atoms with Crippen molar-refractivity contribution in [3.05, 3.63) is 30.5 Å². The van der Waals surface area contributed by atoms with Crippen molar-refractivity contribution in [2.45, 2.75) is 12.8 Å². The molecule has 1 aliphatic heterocycles. The highest BCUT2D eigenvalue weighted by molar-refractivity contribution is 5.86. The highest BCUT2D eigenvalue weighted by atomic mass is 16.5. The van der Waals surface area contributed by atoms with Gasteiger partial charge < -0.3 is 9.30 Å². The summed E-state index contributed by atoms with van der Waals surface area (Å²) in [7, 11) is 2.07. The lowest BCUT2D eigenvalue weighted by atomic mass is 10.2. The van der Waals surface area contributed by atoms with E-state index in [2.05, 4.69) is 47.0 Å². The van der Waals surface area contributed by atoms with Crippen LogP contribution in [0.4, 0.5) is 0 Å². The van der Waals surface area contributed by atoms with Crippen molar-refractivity contribution in [1.29, 1.82) is 0 Å². The molecule has 2 aromatic rings. The number of rotatable bonds is 4. The molecule has 0 amide bonds. The van der Waals surface area contributed by atoms with E-state index >= 15 is 0 Å². The van der Waals surface area contributed by atoms with Crippen molar-refractivity contribution in [1.82, 2.24) is 9.47 Å². The smallest absolute Gasteiger partial charge is 0.128 e. The molecular weight excluding hydrogens is 224 g/mol. The van der Waals surface area contributed by atoms with Crippen LogP contribution in [0.5, 0.6) is 5.75 Å². The van der Waals surface area contributed by atoms with Crippen molar-refractivity contribution in [2.75, 3.05) is 26.2 Å². The van der Waals surface area contributed by atoms with Gasteiger partial charge in [0.05, 0.1) is 5.52 Å². The molecule has 0 unspecified atom stereocenters. The Morgan fingerprint density at radius 3 is 2.83 bits per heavy atom. The Balaban J connectivity index is 1.66. The predicted molar refractivity (Wildman–Crippen MR) is 74.1 cm³/mol. The van der Waals surface area contributed by atoms with Crippen molar-refractivity contribution in [3.63, 3.8) is 0 Å². The molecule has 0 atom stereocenters. The van der Waals surface area contributed by atoms with Crippen LogP contribution in [0.25, 0.3) is 10.9 Å². The Hall–Kier alpha value is -1.48. The first kappa shape index (κ1) is 11.6. The first-order valence-electron chi connectivity index (χ1n) is 6.74. The molecule has 2 heterocycles. The number of aromatic nitrogens is 1. The summed E-state index contributed by atoms with van der Waals surface area (Å²) in [6.07, 6.45) is 4.76. The Bertz CT molecular complexity index is 526. The molecule has 3 heteroatoms. The molecule has 3 nitrogen and oxygen atoms in total. The summed E-state index contributed by atoms with van der Waals surface area (Å²) in [5.41, 5.74) is 1.23. The lowest BCUT2D eigenvalue weighted by Gasteiger charge is -2.15. The van der Waals surface area contributed by atoms with Crippen LogP contribution >= 0.6 is 0 Å². The third-order valence-corrected chi connectivity index (χ3v) is 3.75. The largest absolute Gasteiger partial charge is 0.492 e. The van der Waals surface area contributed by atoms with Crippen LogP contribution in [0.15, 0.2) is 30.5 Å². The van der Waals surface area contributed by atoms with Crippen LogP contribution in [0.3, 0.4) is 0 Å². The number of likely N-dealkylation sites (tertiary alicyclic amines) is 1. The van der Waals surface area contributed by atoms with Gasteiger partial charge in [-0.15, -0.1) is 0 Å². The highest BCUT2D eigenvalue weighted by Gasteiger charge is 2.11. The summed E-state index contributed by atoms with van der Waals surface area (Å²) < 4.78 is 8.07. The summed E-state index contributed by atoms with van der Waals surface area (Å²) in [5.74, 6) is 1.01. The molecule has 1 aromatic heterocycles. The lowest BCUT2D eigenvalue weighted by molar-refractivity contribution is 0.239. The van der Waals surface area contributed by atoms with Gasteiger partial charge in [-0.2, -0.15) is 0 Å². The van der Waals surface area contributed by atoms with Crippen molar-refractivity contribution in [3.8, 4) is 5.75 Å². The number of aryl methyl sites for hydroxylation is 1. The molecule has 0 spiro atoms. The van der Waals surface area contributed by atoms with Gasteiger partial charge in [0.15, 0.2) is 0 Å². The number of nitrogens with zero attached hydrogens (tertiary/aromatic N) is 2. The van der Waals surface area contributed by atoms with Crippen molar-refractivity contribution in [2.24, 2.45) is 7.05 Å². The monoisotopic (exact) mass is 244 g/mol. The standard InChI is InChI=1S/C15H20N2O/c1-16-10-7-13-14(16)5-4-6-15(13)18-12-11-17-8-2-3-9-17/h4-7,10H,2-3,8-9,11-12H2,1H3. The molecule has 0 aliphatic carbocycles. The third-order valence-electron chi connectivity index (χ3n) is 3.75. The van der Waals surface area contributed by atoms with Crippen LogP contribution in [0.2, 0.25) is 0 Å². The summed E-state index contributed by atoms with van der Waals surface area (Å²) >= 11 is 0. The zero-order chi connectivity index (χ0) is 12.4. The maximum Gasteiger partial charge on any atom is 0.128 e. The topological polar surface area (TPSA) is 17.4 Å². The Kier molecular flexibility index (Phi) is 3.24. The van der Waals surface area contributed by atoms with E-state index in [0.29, 0.717) is 0 Å². The van der Waals surface area contributed by atoms with E-state index in [1.54, 1.807) is 0 Å². The molecule has 1 saturated heterocycles. The summed E-state index contributed by atoms with van der Waals surface area (Å²) in [5, 5.41) is 1.21. The normalized spacial score (nSPS) is 16.5. The van der Waals surface area contributed by atoms with E-state index < -0.39 is 0 Å². The van der Waals surface area contributed by atoms with Crippen molar-refractivity contribution < 1.29 is 4.74 Å². The lowest BCUT2D eigenvalue weighted by Crippen LogP contribution is -2.25. The molecule has 3 rings (SSSR count). The summed E-state index contributed by atoms with van der Waals surface area (Å²) in [6.45, 7) is 4.30. The fraction of sp³-hybridized carbons (Fsp3) is 0.467. The number of hydrogen-bond acceptors (Lipinski definition) is 2. The molecule has 1 aromatic carbocycles. The minimum atomic E-state index is 0.786. The Morgan fingerprint density at radius 1 is 1.17 bits per heavy atom. The maximum atomic E-state index is 5.94. The molecule has 96 valence electrons. The van der Waals surface area contributed by atoms with Crippen LogP contribution in [0, 0.1) is 0 Å². The second-order valence-corrected chi connectivity index (χ2v) is 5.01. The molecule has 0 radical (unpaired) electrons. The van der Waals surface area contributed by atoms with E-state index in [1.165, 1.54) is 36.8 Å². The highest BCUT2D eigenvalue weighted by Crippen LogP contribution is 2.25. The first-order chi connectivity index (χ1) is 8.84. The maximum absolute atomic E-state index is 5.94. The number of fused-ring (bicyclic) bond motifs is 1. The number of benzene rings is 1. The summed E-state index contributed by atoms with van der Waals surface area (Å²) in [4.78, 5) is 2.48. The quantitative estimate of drug-likeness (QED) is 0.822. The molecule has 1 fully saturated rings. The van der Waals surface area contributed by atoms with Gasteiger partial charge in [0.1, 0.15) is 12.4 Å². The van der Waals surface area contributed by atoms with Gasteiger partial charge in [0.25, 0.3) is 0 Å². The van der Waals surface area contributed by atoms with Gasteiger partial charge >= 0.3 is 0 Å². The summed E-state index contributed by atoms with van der Waals surface area (Å²) in [6, 6.07) is 8.38. The van der Waals surface area contributed by atoms with Gasteiger partial charge in [-0.1, -0.05) is 6.07 Å². The zero-order valence-corrected chi connectivity index (χ0v) is 10.9. The average molecular weight is 244 g/mol. The minimum absolute atomic E-state index is 0.786. The van der Waals surface area contributed by atoms with Gasteiger partial charge in [0, 0.05) is 25.2 Å². The van der Waals surface area contributed by atoms with Gasteiger partial charge in [-0.25, -0.2) is 0 Å². The second kappa shape index (κ2) is 5.02. The van der Waals surface area contributed by atoms with Gasteiger partial charge in [0.2, 0.25) is 0 Å². The Morgan fingerprint density at radius 2 is 2.00 bits per heavy atom. The zero-order valence-electron chi connectivity index (χ0n) is 10.9. The first-order valence-corrected chi connectivity index (χ1v) is 6.74. The van der Waals surface area contributed by atoms with E-state index in [4.69, 9.17) is 4.74 Å². The van der Waals surface area contributed by atoms with Crippen LogP contribution < -0.4 is 4.74 Å².